The van der Waals surface area contributed by atoms with E-state index in [1.165, 1.54) is 14.2 Å². The number of aromatic nitrogens is 2. The molecule has 4 aromatic rings. The predicted octanol–water partition coefficient (Wildman–Crippen LogP) is 4.49. The van der Waals surface area contributed by atoms with Crippen molar-refractivity contribution >= 4 is 63.3 Å². The Morgan fingerprint density at radius 3 is 2.72 bits per heavy atom. The van der Waals surface area contributed by atoms with Crippen LogP contribution in [0.5, 0.6) is 11.5 Å². The summed E-state index contributed by atoms with van der Waals surface area (Å²) < 4.78 is 12.6. The van der Waals surface area contributed by atoms with Crippen molar-refractivity contribution in [1.29, 1.82) is 0 Å². The van der Waals surface area contributed by atoms with Crippen LogP contribution in [0.1, 0.15) is 9.67 Å². The van der Waals surface area contributed by atoms with Gasteiger partial charge in [-0.05, 0) is 42.5 Å². The van der Waals surface area contributed by atoms with Gasteiger partial charge in [0.15, 0.2) is 3.95 Å². The van der Waals surface area contributed by atoms with Crippen molar-refractivity contribution in [3.05, 3.63) is 60.6 Å². The zero-order valence-electron chi connectivity index (χ0n) is 15.2. The zero-order chi connectivity index (χ0) is 20.7. The van der Waals surface area contributed by atoms with Gasteiger partial charge in [-0.2, -0.15) is 0 Å². The fraction of sp³-hybridized carbons (Fsp3) is 0.105. The van der Waals surface area contributed by atoms with E-state index in [9.17, 15) is 9.59 Å². The van der Waals surface area contributed by atoms with Crippen LogP contribution >= 0.6 is 35.2 Å². The molecule has 2 aromatic carbocycles. The molecule has 2 aromatic heterocycles. The molecule has 0 spiro atoms. The Morgan fingerprint density at radius 2 is 2.00 bits per heavy atom. The standard InChI is InChI=1S/C19H14ClN3O4S2/c1-26-10-4-6-14(27-2)12(8-10)21-18(25)15-16-22-17(24)11-5-3-9(20)7-13(11)23(16)19(28)29-15/h3-8H,1-2H3,(H,21,25)(H,22,24). The van der Waals surface area contributed by atoms with Crippen molar-refractivity contribution in [3.63, 3.8) is 0 Å². The number of ether oxygens (including phenoxy) is 2. The smallest absolute Gasteiger partial charge is 0.269 e. The average molecular weight is 448 g/mol. The van der Waals surface area contributed by atoms with E-state index in [1.54, 1.807) is 40.8 Å². The summed E-state index contributed by atoms with van der Waals surface area (Å²) in [5.74, 6) is 0.591. The van der Waals surface area contributed by atoms with E-state index in [2.05, 4.69) is 10.3 Å². The lowest BCUT2D eigenvalue weighted by Crippen LogP contribution is -2.15. The summed E-state index contributed by atoms with van der Waals surface area (Å²) in [6, 6.07) is 9.95. The first-order valence-electron chi connectivity index (χ1n) is 8.33. The van der Waals surface area contributed by atoms with Crippen molar-refractivity contribution in [1.82, 2.24) is 9.38 Å². The van der Waals surface area contributed by atoms with Crippen LogP contribution < -0.4 is 20.3 Å². The molecular formula is C19H14ClN3O4S2. The van der Waals surface area contributed by atoms with Gasteiger partial charge in [-0.25, -0.2) is 0 Å². The van der Waals surface area contributed by atoms with Crippen molar-refractivity contribution in [3.8, 4) is 11.5 Å². The second kappa shape index (κ2) is 7.51. The molecule has 7 nitrogen and oxygen atoms in total. The summed E-state index contributed by atoms with van der Waals surface area (Å²) in [5, 5.41) is 3.69. The lowest BCUT2D eigenvalue weighted by Gasteiger charge is -2.11. The number of fused-ring (bicyclic) bond motifs is 3. The summed E-state index contributed by atoms with van der Waals surface area (Å²) in [6.45, 7) is 0. The number of rotatable bonds is 4. The monoisotopic (exact) mass is 447 g/mol. The van der Waals surface area contributed by atoms with Gasteiger partial charge in [0, 0.05) is 11.1 Å². The van der Waals surface area contributed by atoms with Gasteiger partial charge in [0.05, 0.1) is 30.8 Å². The van der Waals surface area contributed by atoms with E-state index >= 15 is 0 Å². The number of halogens is 1. The highest BCUT2D eigenvalue weighted by Crippen LogP contribution is 2.31. The summed E-state index contributed by atoms with van der Waals surface area (Å²) in [5.41, 5.74) is 0.938. The predicted molar refractivity (Wildman–Crippen MR) is 117 cm³/mol. The van der Waals surface area contributed by atoms with Crippen molar-refractivity contribution in [2.75, 3.05) is 19.5 Å². The molecule has 0 bridgehead atoms. The van der Waals surface area contributed by atoms with Gasteiger partial charge in [-0.1, -0.05) is 22.9 Å². The van der Waals surface area contributed by atoms with Gasteiger partial charge in [0.25, 0.3) is 11.5 Å². The van der Waals surface area contributed by atoms with E-state index in [0.717, 1.165) is 11.3 Å². The molecule has 4 rings (SSSR count). The molecular weight excluding hydrogens is 434 g/mol. The number of amides is 1. The van der Waals surface area contributed by atoms with Gasteiger partial charge in [0.1, 0.15) is 22.0 Å². The number of methoxy groups -OCH3 is 2. The molecule has 0 saturated heterocycles. The van der Waals surface area contributed by atoms with Gasteiger partial charge in [0.2, 0.25) is 0 Å². The Labute approximate surface area is 178 Å². The lowest BCUT2D eigenvalue weighted by atomic mass is 10.2. The molecule has 0 saturated carbocycles. The van der Waals surface area contributed by atoms with Crippen LogP contribution in [0, 0.1) is 3.95 Å². The highest BCUT2D eigenvalue weighted by Gasteiger charge is 2.19. The van der Waals surface area contributed by atoms with Crippen LogP contribution in [-0.4, -0.2) is 29.5 Å². The minimum Gasteiger partial charge on any atom is -0.497 e. The molecule has 0 fully saturated rings. The van der Waals surface area contributed by atoms with Crippen molar-refractivity contribution in [2.45, 2.75) is 0 Å². The Kier molecular flexibility index (Phi) is 5.03. The molecule has 148 valence electrons. The molecule has 29 heavy (non-hydrogen) atoms. The number of benzene rings is 2. The molecule has 0 aliphatic rings. The van der Waals surface area contributed by atoms with E-state index in [-0.39, 0.29) is 10.4 Å². The molecule has 1 amide bonds. The van der Waals surface area contributed by atoms with Crippen LogP contribution in [0.3, 0.4) is 0 Å². The van der Waals surface area contributed by atoms with E-state index in [4.69, 9.17) is 33.3 Å². The fourth-order valence-electron chi connectivity index (χ4n) is 3.01. The summed E-state index contributed by atoms with van der Waals surface area (Å²) >= 11 is 12.6. The molecule has 0 atom stereocenters. The fourth-order valence-corrected chi connectivity index (χ4v) is 4.45. The normalized spacial score (nSPS) is 11.0. The van der Waals surface area contributed by atoms with E-state index < -0.39 is 5.91 Å². The molecule has 0 aliphatic heterocycles. The number of anilines is 1. The Balaban J connectivity index is 1.87. The second-order valence-electron chi connectivity index (χ2n) is 6.02. The molecule has 0 radical (unpaired) electrons. The van der Waals surface area contributed by atoms with E-state index in [1.807, 2.05) is 0 Å². The number of H-pyrrole nitrogens is 1. The highest BCUT2D eigenvalue weighted by atomic mass is 35.5. The van der Waals surface area contributed by atoms with Crippen LogP contribution in [0.15, 0.2) is 41.2 Å². The van der Waals surface area contributed by atoms with Crippen LogP contribution in [0.2, 0.25) is 5.02 Å². The maximum Gasteiger partial charge on any atom is 0.269 e. The second-order valence-corrected chi connectivity index (χ2v) is 8.10. The third kappa shape index (κ3) is 3.37. The van der Waals surface area contributed by atoms with Gasteiger partial charge in [-0.3, -0.25) is 14.0 Å². The summed E-state index contributed by atoms with van der Waals surface area (Å²) in [7, 11) is 3.03. The maximum atomic E-state index is 13.0. The number of nitrogens with zero attached hydrogens (tertiary/aromatic N) is 1. The van der Waals surface area contributed by atoms with Crippen molar-refractivity contribution < 1.29 is 14.3 Å². The number of aromatic amines is 1. The van der Waals surface area contributed by atoms with Crippen LogP contribution in [0.4, 0.5) is 5.69 Å². The molecule has 2 N–H and O–H groups in total. The maximum absolute atomic E-state index is 13.0. The molecule has 2 heterocycles. The first-order chi connectivity index (χ1) is 13.9. The number of hydrogen-bond acceptors (Lipinski definition) is 6. The first-order valence-corrected chi connectivity index (χ1v) is 9.93. The van der Waals surface area contributed by atoms with Crippen LogP contribution in [0.25, 0.3) is 16.6 Å². The number of carbonyl (C=O) groups is 1. The number of nitrogens with one attached hydrogen (secondary N) is 2. The molecule has 0 unspecified atom stereocenters. The molecule has 0 aliphatic carbocycles. The largest absolute Gasteiger partial charge is 0.497 e. The topological polar surface area (TPSA) is 84.8 Å². The third-order valence-electron chi connectivity index (χ3n) is 4.35. The average Bonchev–Trinajstić information content (AvgIpc) is 3.04. The van der Waals surface area contributed by atoms with Crippen LogP contribution in [-0.2, 0) is 0 Å². The van der Waals surface area contributed by atoms with Gasteiger partial charge < -0.3 is 19.8 Å². The summed E-state index contributed by atoms with van der Waals surface area (Å²) in [6.07, 6.45) is 0. The highest BCUT2D eigenvalue weighted by molar-refractivity contribution is 7.73. The van der Waals surface area contributed by atoms with Gasteiger partial charge >= 0.3 is 0 Å². The zero-order valence-corrected chi connectivity index (χ0v) is 17.6. The third-order valence-corrected chi connectivity index (χ3v) is 5.96. The molecule has 10 heteroatoms. The minimum absolute atomic E-state index is 0.263. The Bertz CT molecular complexity index is 1390. The number of carbonyl (C=O) groups excluding carboxylic acids is 1. The number of thiazole rings is 1. The van der Waals surface area contributed by atoms with Gasteiger partial charge in [-0.15, -0.1) is 0 Å². The SMILES string of the molecule is COc1ccc(OC)c(NC(=O)c2sc(=S)n3c2[nH]c(=O)c2ccc(Cl)cc23)c1. The first kappa shape index (κ1) is 19.4. The Hall–Kier alpha value is -2.88. The summed E-state index contributed by atoms with van der Waals surface area (Å²) in [4.78, 5) is 28.6. The van der Waals surface area contributed by atoms with E-state index in [0.29, 0.717) is 42.7 Å². The van der Waals surface area contributed by atoms with Crippen molar-refractivity contribution in [2.24, 2.45) is 0 Å². The number of hydrogen-bond donors (Lipinski definition) is 2. The minimum atomic E-state index is -0.438. The Morgan fingerprint density at radius 1 is 1.21 bits per heavy atom. The lowest BCUT2D eigenvalue weighted by molar-refractivity contribution is 0.103. The quantitative estimate of drug-likeness (QED) is 0.450.